The first-order chi connectivity index (χ1) is 8.96. The van der Waals surface area contributed by atoms with Gasteiger partial charge in [-0.1, -0.05) is 0 Å². The molecule has 0 aromatic carbocycles. The van der Waals surface area contributed by atoms with E-state index in [1.807, 2.05) is 0 Å². The summed E-state index contributed by atoms with van der Waals surface area (Å²) in [6, 6.07) is 1.49. The van der Waals surface area contributed by atoms with Gasteiger partial charge < -0.3 is 4.74 Å². The Balaban J connectivity index is 2.98. The van der Waals surface area contributed by atoms with Gasteiger partial charge in [0.1, 0.15) is 5.60 Å². The average molecular weight is 366 g/mol. The van der Waals surface area contributed by atoms with Crippen LogP contribution in [0, 0.1) is 0 Å². The van der Waals surface area contributed by atoms with Crippen molar-refractivity contribution in [1.29, 1.82) is 0 Å². The fourth-order valence-corrected chi connectivity index (χ4v) is 2.10. The number of sulfonamides is 1. The molecule has 112 valence electrons. The van der Waals surface area contributed by atoms with E-state index in [0.29, 0.717) is 4.47 Å². The largest absolute Gasteiger partial charge is 0.444 e. The van der Waals surface area contributed by atoms with Crippen LogP contribution in [0.15, 0.2) is 16.7 Å². The predicted octanol–water partition coefficient (Wildman–Crippen LogP) is 2.56. The number of halogens is 1. The number of carbonyl (C=O) groups is 1. The molecule has 1 aromatic heterocycles. The van der Waals surface area contributed by atoms with Crippen molar-refractivity contribution in [2.24, 2.45) is 0 Å². The molecule has 0 atom stereocenters. The SMILES string of the molecule is CC(C)(C)OC(=O)Nc1ncc(Br)cc1NS(C)(=O)=O. The van der Waals surface area contributed by atoms with Crippen LogP contribution >= 0.6 is 15.9 Å². The number of pyridine rings is 1. The molecular formula is C11H16BrN3O4S. The summed E-state index contributed by atoms with van der Waals surface area (Å²) in [6.45, 7) is 5.16. The van der Waals surface area contributed by atoms with E-state index >= 15 is 0 Å². The maximum absolute atomic E-state index is 11.7. The minimum atomic E-state index is -3.49. The fourth-order valence-electron chi connectivity index (χ4n) is 1.22. The van der Waals surface area contributed by atoms with Gasteiger partial charge in [0.2, 0.25) is 10.0 Å². The second-order valence-corrected chi connectivity index (χ2v) is 7.71. The molecule has 0 fully saturated rings. The highest BCUT2D eigenvalue weighted by atomic mass is 79.9. The van der Waals surface area contributed by atoms with E-state index in [9.17, 15) is 13.2 Å². The van der Waals surface area contributed by atoms with Gasteiger partial charge >= 0.3 is 6.09 Å². The van der Waals surface area contributed by atoms with Crippen molar-refractivity contribution in [3.8, 4) is 0 Å². The number of aromatic nitrogens is 1. The molecule has 2 N–H and O–H groups in total. The molecule has 1 aromatic rings. The van der Waals surface area contributed by atoms with Crippen LogP contribution in [-0.2, 0) is 14.8 Å². The Morgan fingerprint density at radius 2 is 2.00 bits per heavy atom. The van der Waals surface area contributed by atoms with Gasteiger partial charge in [-0.15, -0.1) is 0 Å². The predicted molar refractivity (Wildman–Crippen MR) is 80.3 cm³/mol. The van der Waals surface area contributed by atoms with Crippen LogP contribution in [0.2, 0.25) is 0 Å². The number of nitrogens with zero attached hydrogens (tertiary/aromatic N) is 1. The zero-order valence-corrected chi connectivity index (χ0v) is 13.9. The first kappa shape index (κ1) is 16.7. The molecule has 0 aliphatic rings. The van der Waals surface area contributed by atoms with E-state index < -0.39 is 21.7 Å². The molecule has 0 saturated carbocycles. The van der Waals surface area contributed by atoms with Gasteiger partial charge in [-0.25, -0.2) is 18.2 Å². The maximum Gasteiger partial charge on any atom is 0.413 e. The van der Waals surface area contributed by atoms with E-state index in [2.05, 4.69) is 31.0 Å². The monoisotopic (exact) mass is 365 g/mol. The Labute approximate surface area is 126 Å². The molecule has 0 aliphatic heterocycles. The van der Waals surface area contributed by atoms with Crippen LogP contribution < -0.4 is 10.0 Å². The number of hydrogen-bond acceptors (Lipinski definition) is 5. The third kappa shape index (κ3) is 6.20. The van der Waals surface area contributed by atoms with Crippen LogP contribution in [0.5, 0.6) is 0 Å². The zero-order chi connectivity index (χ0) is 15.6. The van der Waals surface area contributed by atoms with Crippen LogP contribution in [0.4, 0.5) is 16.3 Å². The van der Waals surface area contributed by atoms with E-state index in [0.717, 1.165) is 6.26 Å². The van der Waals surface area contributed by atoms with Crippen molar-refractivity contribution in [1.82, 2.24) is 4.98 Å². The summed E-state index contributed by atoms with van der Waals surface area (Å²) in [5, 5.41) is 2.40. The maximum atomic E-state index is 11.7. The van der Waals surface area contributed by atoms with Crippen LogP contribution in [0.25, 0.3) is 0 Å². The van der Waals surface area contributed by atoms with Crippen molar-refractivity contribution in [2.45, 2.75) is 26.4 Å². The van der Waals surface area contributed by atoms with Crippen LogP contribution in [0.1, 0.15) is 20.8 Å². The molecular weight excluding hydrogens is 350 g/mol. The second-order valence-electron chi connectivity index (χ2n) is 5.05. The van der Waals surface area contributed by atoms with E-state index in [1.165, 1.54) is 12.3 Å². The van der Waals surface area contributed by atoms with Crippen molar-refractivity contribution in [2.75, 3.05) is 16.3 Å². The highest BCUT2D eigenvalue weighted by Gasteiger charge is 2.18. The number of anilines is 2. The summed E-state index contributed by atoms with van der Waals surface area (Å²) in [4.78, 5) is 15.6. The van der Waals surface area contributed by atoms with Gasteiger partial charge in [0.25, 0.3) is 0 Å². The Kier molecular flexibility index (Phi) is 4.98. The number of nitrogens with one attached hydrogen (secondary N) is 2. The molecule has 0 bridgehead atoms. The molecule has 20 heavy (non-hydrogen) atoms. The number of hydrogen-bond donors (Lipinski definition) is 2. The smallest absolute Gasteiger partial charge is 0.413 e. The summed E-state index contributed by atoms with van der Waals surface area (Å²) >= 11 is 3.18. The molecule has 7 nitrogen and oxygen atoms in total. The summed E-state index contributed by atoms with van der Waals surface area (Å²) in [7, 11) is -3.49. The van der Waals surface area contributed by atoms with Gasteiger partial charge in [-0.05, 0) is 42.8 Å². The van der Waals surface area contributed by atoms with Crippen molar-refractivity contribution >= 4 is 43.6 Å². The lowest BCUT2D eigenvalue weighted by atomic mass is 10.2. The van der Waals surface area contributed by atoms with Crippen molar-refractivity contribution in [3.05, 3.63) is 16.7 Å². The minimum Gasteiger partial charge on any atom is -0.444 e. The summed E-state index contributed by atoms with van der Waals surface area (Å²) in [5.74, 6) is 0.0628. The number of carbonyl (C=O) groups excluding carboxylic acids is 1. The molecule has 1 heterocycles. The summed E-state index contributed by atoms with van der Waals surface area (Å²) in [6.07, 6.45) is 1.72. The van der Waals surface area contributed by atoms with Gasteiger partial charge in [0.15, 0.2) is 5.82 Å². The van der Waals surface area contributed by atoms with Crippen molar-refractivity contribution in [3.63, 3.8) is 0 Å². The zero-order valence-electron chi connectivity index (χ0n) is 11.5. The number of rotatable bonds is 3. The molecule has 9 heteroatoms. The fraction of sp³-hybridized carbons (Fsp3) is 0.455. The topological polar surface area (TPSA) is 97.4 Å². The van der Waals surface area contributed by atoms with E-state index in [-0.39, 0.29) is 11.5 Å². The standard InChI is InChI=1S/C11H16BrN3O4S/c1-11(2,3)19-10(16)14-9-8(15-20(4,17)18)5-7(12)6-13-9/h5-6,15H,1-4H3,(H,13,14,16). The quantitative estimate of drug-likeness (QED) is 0.857. The Bertz CT molecular complexity index is 611. The first-order valence-corrected chi connectivity index (χ1v) is 8.28. The lowest BCUT2D eigenvalue weighted by molar-refractivity contribution is 0.0635. The molecule has 0 saturated heterocycles. The normalized spacial score (nSPS) is 11.8. The lowest BCUT2D eigenvalue weighted by Gasteiger charge is -2.20. The molecule has 0 spiro atoms. The minimum absolute atomic E-state index is 0.0628. The van der Waals surface area contributed by atoms with Crippen molar-refractivity contribution < 1.29 is 17.9 Å². The molecule has 0 aliphatic carbocycles. The van der Waals surface area contributed by atoms with Gasteiger partial charge in [0, 0.05) is 10.7 Å². The molecule has 0 radical (unpaired) electrons. The van der Waals surface area contributed by atoms with Gasteiger partial charge in [-0.3, -0.25) is 10.0 Å². The van der Waals surface area contributed by atoms with E-state index in [4.69, 9.17) is 4.74 Å². The average Bonchev–Trinajstić information content (AvgIpc) is 2.17. The number of amides is 1. The molecule has 0 unspecified atom stereocenters. The number of ether oxygens (including phenoxy) is 1. The Morgan fingerprint density at radius 3 is 2.50 bits per heavy atom. The Hall–Kier alpha value is -1.35. The summed E-state index contributed by atoms with van der Waals surface area (Å²) < 4.78 is 30.5. The third-order valence-corrected chi connectivity index (χ3v) is 2.79. The highest BCUT2D eigenvalue weighted by Crippen LogP contribution is 2.24. The molecule has 1 amide bonds. The molecule has 1 rings (SSSR count). The summed E-state index contributed by atoms with van der Waals surface area (Å²) in [5.41, 5.74) is -0.517. The van der Waals surface area contributed by atoms with Gasteiger partial charge in [0.05, 0.1) is 11.9 Å². The second kappa shape index (κ2) is 5.96. The lowest BCUT2D eigenvalue weighted by Crippen LogP contribution is -2.28. The Morgan fingerprint density at radius 1 is 1.40 bits per heavy atom. The van der Waals surface area contributed by atoms with Gasteiger partial charge in [-0.2, -0.15) is 0 Å². The van der Waals surface area contributed by atoms with Crippen LogP contribution in [0.3, 0.4) is 0 Å². The third-order valence-electron chi connectivity index (χ3n) is 1.77. The highest BCUT2D eigenvalue weighted by molar-refractivity contribution is 9.10. The van der Waals surface area contributed by atoms with E-state index in [1.54, 1.807) is 20.8 Å². The van der Waals surface area contributed by atoms with Crippen LogP contribution in [-0.4, -0.2) is 31.4 Å². The first-order valence-electron chi connectivity index (χ1n) is 5.59.